The molecule has 112 valence electrons. The molecule has 1 aromatic rings. The van der Waals surface area contributed by atoms with Crippen molar-refractivity contribution in [2.75, 3.05) is 21.3 Å². The number of ether oxygens (including phenoxy) is 3. The average Bonchev–Trinajstić information content (AvgIpc) is 2.36. The molecule has 1 N–H and O–H groups in total. The fourth-order valence-electron chi connectivity index (χ4n) is 1.75. The molecule has 6 heteroatoms. The second-order valence-corrected chi connectivity index (χ2v) is 6.51. The van der Waals surface area contributed by atoms with Crippen LogP contribution >= 0.6 is 11.8 Å². The fourth-order valence-corrected chi connectivity index (χ4v) is 2.98. The van der Waals surface area contributed by atoms with E-state index in [9.17, 15) is 4.79 Å². The van der Waals surface area contributed by atoms with Crippen LogP contribution in [0.25, 0.3) is 0 Å². The first-order valence-electron chi connectivity index (χ1n) is 6.03. The van der Waals surface area contributed by atoms with Crippen LogP contribution < -0.4 is 14.2 Å². The molecule has 0 unspecified atom stereocenters. The van der Waals surface area contributed by atoms with Crippen LogP contribution in [-0.2, 0) is 4.79 Å². The molecular weight excluding hydrogens is 280 g/mol. The van der Waals surface area contributed by atoms with E-state index in [1.165, 1.54) is 11.8 Å². The summed E-state index contributed by atoms with van der Waals surface area (Å²) in [6, 6.07) is 3.50. The number of aliphatic carboxylic acids is 1. The Morgan fingerprint density at radius 1 is 1.15 bits per heavy atom. The Morgan fingerprint density at radius 2 is 1.65 bits per heavy atom. The third-order valence-electron chi connectivity index (χ3n) is 2.63. The zero-order chi connectivity index (χ0) is 15.3. The molecule has 0 radical (unpaired) electrons. The zero-order valence-corrected chi connectivity index (χ0v) is 13.2. The second-order valence-electron chi connectivity index (χ2n) is 4.79. The normalized spacial score (nSPS) is 11.1. The van der Waals surface area contributed by atoms with Crippen molar-refractivity contribution in [1.82, 2.24) is 0 Å². The van der Waals surface area contributed by atoms with Gasteiger partial charge < -0.3 is 19.3 Å². The molecule has 0 saturated heterocycles. The average molecular weight is 300 g/mol. The minimum Gasteiger partial charge on any atom is -0.496 e. The van der Waals surface area contributed by atoms with Crippen LogP contribution in [-0.4, -0.2) is 37.2 Å². The molecule has 0 aliphatic carbocycles. The molecule has 1 aromatic carbocycles. The first-order chi connectivity index (χ1) is 9.32. The number of rotatable bonds is 7. The number of thioether (sulfide) groups is 1. The maximum Gasteiger partial charge on any atom is 0.304 e. The maximum absolute atomic E-state index is 10.9. The summed E-state index contributed by atoms with van der Waals surface area (Å²) in [4.78, 5) is 11.7. The van der Waals surface area contributed by atoms with Gasteiger partial charge in [0, 0.05) is 16.9 Å². The highest BCUT2D eigenvalue weighted by atomic mass is 32.2. The van der Waals surface area contributed by atoms with Crippen molar-refractivity contribution in [3.05, 3.63) is 12.1 Å². The predicted octanol–water partition coefficient (Wildman–Crippen LogP) is 3.06. The maximum atomic E-state index is 10.9. The van der Waals surface area contributed by atoms with Gasteiger partial charge >= 0.3 is 5.97 Å². The molecule has 5 nitrogen and oxygen atoms in total. The van der Waals surface area contributed by atoms with Crippen molar-refractivity contribution in [1.29, 1.82) is 0 Å². The predicted molar refractivity (Wildman–Crippen MR) is 78.3 cm³/mol. The van der Waals surface area contributed by atoms with E-state index in [1.807, 2.05) is 13.8 Å². The summed E-state index contributed by atoms with van der Waals surface area (Å²) in [6.45, 7) is 3.74. The van der Waals surface area contributed by atoms with Gasteiger partial charge in [-0.25, -0.2) is 0 Å². The summed E-state index contributed by atoms with van der Waals surface area (Å²) < 4.78 is 15.4. The summed E-state index contributed by atoms with van der Waals surface area (Å²) in [5.41, 5.74) is 0. The van der Waals surface area contributed by atoms with Crippen LogP contribution in [0.2, 0.25) is 0 Å². The van der Waals surface area contributed by atoms with Crippen LogP contribution in [0.5, 0.6) is 17.2 Å². The summed E-state index contributed by atoms with van der Waals surface area (Å²) in [7, 11) is 4.68. The summed E-state index contributed by atoms with van der Waals surface area (Å²) in [6.07, 6.45) is 0.0377. The molecule has 0 amide bonds. The molecule has 20 heavy (non-hydrogen) atoms. The first kappa shape index (κ1) is 16.5. The number of hydrogen-bond donors (Lipinski definition) is 1. The van der Waals surface area contributed by atoms with Gasteiger partial charge in [0.15, 0.2) is 0 Å². The third kappa shape index (κ3) is 4.23. The Labute approximate surface area is 123 Å². The van der Waals surface area contributed by atoms with Crippen molar-refractivity contribution < 1.29 is 24.1 Å². The summed E-state index contributed by atoms with van der Waals surface area (Å²) in [5.74, 6) is 0.988. The highest BCUT2D eigenvalue weighted by Gasteiger charge is 2.27. The van der Waals surface area contributed by atoms with E-state index in [-0.39, 0.29) is 6.42 Å². The molecular formula is C14H20O5S. The first-order valence-corrected chi connectivity index (χ1v) is 6.85. The van der Waals surface area contributed by atoms with Crippen molar-refractivity contribution in [2.45, 2.75) is 29.9 Å². The van der Waals surface area contributed by atoms with Gasteiger partial charge in [0.25, 0.3) is 0 Å². The summed E-state index contributed by atoms with van der Waals surface area (Å²) >= 11 is 1.41. The number of carboxylic acid groups (broad SMARTS) is 1. The van der Waals surface area contributed by atoms with Gasteiger partial charge in [-0.1, -0.05) is 0 Å². The SMILES string of the molecule is COc1cc(OC)c(SC(C)(C)CC(=O)O)c(OC)c1. The number of carboxylic acids is 1. The van der Waals surface area contributed by atoms with Gasteiger partial charge in [-0.2, -0.15) is 0 Å². The molecule has 1 rings (SSSR count). The minimum atomic E-state index is -0.839. The molecule has 0 saturated carbocycles. The second kappa shape index (κ2) is 6.74. The number of hydrogen-bond acceptors (Lipinski definition) is 5. The zero-order valence-electron chi connectivity index (χ0n) is 12.4. The lowest BCUT2D eigenvalue weighted by atomic mass is 10.1. The van der Waals surface area contributed by atoms with Crippen molar-refractivity contribution in [2.24, 2.45) is 0 Å². The van der Waals surface area contributed by atoms with E-state index in [0.717, 1.165) is 4.90 Å². The fraction of sp³-hybridized carbons (Fsp3) is 0.500. The van der Waals surface area contributed by atoms with E-state index in [1.54, 1.807) is 33.5 Å². The van der Waals surface area contributed by atoms with Crippen LogP contribution in [0.1, 0.15) is 20.3 Å². The lowest BCUT2D eigenvalue weighted by molar-refractivity contribution is -0.137. The van der Waals surface area contributed by atoms with Crippen molar-refractivity contribution >= 4 is 17.7 Å². The molecule has 0 fully saturated rings. The van der Waals surface area contributed by atoms with Gasteiger partial charge in [0.2, 0.25) is 0 Å². The lowest BCUT2D eigenvalue weighted by Gasteiger charge is -2.24. The van der Waals surface area contributed by atoms with Crippen LogP contribution in [0.3, 0.4) is 0 Å². The van der Waals surface area contributed by atoms with Crippen LogP contribution in [0, 0.1) is 0 Å². The Bertz CT molecular complexity index is 459. The topological polar surface area (TPSA) is 65.0 Å². The van der Waals surface area contributed by atoms with Gasteiger partial charge in [0.1, 0.15) is 17.2 Å². The van der Waals surface area contributed by atoms with E-state index >= 15 is 0 Å². The van der Waals surface area contributed by atoms with E-state index in [2.05, 4.69) is 0 Å². The standard InChI is InChI=1S/C14H20O5S/c1-14(2,8-12(15)16)20-13-10(18-4)6-9(17-3)7-11(13)19-5/h6-7H,8H2,1-5H3,(H,15,16). The Kier molecular flexibility index (Phi) is 5.56. The van der Waals surface area contributed by atoms with Gasteiger partial charge in [0.05, 0.1) is 32.6 Å². The third-order valence-corrected chi connectivity index (χ3v) is 3.93. The number of methoxy groups -OCH3 is 3. The van der Waals surface area contributed by atoms with Crippen molar-refractivity contribution in [3.8, 4) is 17.2 Å². The Balaban J connectivity index is 3.18. The highest BCUT2D eigenvalue weighted by Crippen LogP contribution is 2.47. The molecule has 0 heterocycles. The molecule has 0 aliphatic rings. The van der Waals surface area contributed by atoms with Crippen LogP contribution in [0.4, 0.5) is 0 Å². The smallest absolute Gasteiger partial charge is 0.304 e. The van der Waals surface area contributed by atoms with E-state index < -0.39 is 10.7 Å². The molecule has 0 atom stereocenters. The number of carbonyl (C=O) groups is 1. The van der Waals surface area contributed by atoms with Gasteiger partial charge in [-0.3, -0.25) is 4.79 Å². The molecule has 0 aromatic heterocycles. The number of benzene rings is 1. The Hall–Kier alpha value is -1.56. The Morgan fingerprint density at radius 3 is 2.00 bits per heavy atom. The van der Waals surface area contributed by atoms with Gasteiger partial charge in [-0.15, -0.1) is 11.8 Å². The quantitative estimate of drug-likeness (QED) is 0.781. The van der Waals surface area contributed by atoms with Gasteiger partial charge in [-0.05, 0) is 13.8 Å². The van der Waals surface area contributed by atoms with Crippen LogP contribution in [0.15, 0.2) is 17.0 Å². The monoisotopic (exact) mass is 300 g/mol. The largest absolute Gasteiger partial charge is 0.496 e. The summed E-state index contributed by atoms with van der Waals surface area (Å²) in [5, 5.41) is 8.97. The highest BCUT2D eigenvalue weighted by molar-refractivity contribution is 8.00. The molecule has 0 bridgehead atoms. The lowest BCUT2D eigenvalue weighted by Crippen LogP contribution is -2.19. The van der Waals surface area contributed by atoms with E-state index in [0.29, 0.717) is 17.2 Å². The van der Waals surface area contributed by atoms with Crippen molar-refractivity contribution in [3.63, 3.8) is 0 Å². The molecule has 0 aliphatic heterocycles. The van der Waals surface area contributed by atoms with E-state index in [4.69, 9.17) is 19.3 Å². The molecule has 0 spiro atoms. The minimum absolute atomic E-state index is 0.0377.